The van der Waals surface area contributed by atoms with E-state index >= 15 is 0 Å². The number of anilines is 1. The van der Waals surface area contributed by atoms with Crippen LogP contribution < -0.4 is 11.1 Å². The highest BCUT2D eigenvalue weighted by Crippen LogP contribution is 2.24. The molecule has 4 heteroatoms. The van der Waals surface area contributed by atoms with Gasteiger partial charge >= 0.3 is 6.09 Å². The van der Waals surface area contributed by atoms with Crippen molar-refractivity contribution in [3.8, 4) is 0 Å². The fourth-order valence-electron chi connectivity index (χ4n) is 2.87. The number of aryl methyl sites for hydroxylation is 1. The molecule has 1 saturated carbocycles. The third-order valence-corrected chi connectivity index (χ3v) is 4.10. The SMILES string of the molecule is CCCCc1ccc(NC2CCC(OC(N)=O)CC2)cc1. The van der Waals surface area contributed by atoms with Crippen molar-refractivity contribution < 1.29 is 9.53 Å². The summed E-state index contributed by atoms with van der Waals surface area (Å²) in [6, 6.07) is 9.20. The standard InChI is InChI=1S/C17H26N2O2/c1-2-3-4-13-5-7-14(8-6-13)19-15-9-11-16(12-10-15)21-17(18)20/h5-8,15-16,19H,2-4,9-12H2,1H3,(H2,18,20). The normalized spacial score (nSPS) is 21.8. The maximum Gasteiger partial charge on any atom is 0.404 e. The van der Waals surface area contributed by atoms with Crippen LogP contribution in [0, 0.1) is 0 Å². The fraction of sp³-hybridized carbons (Fsp3) is 0.588. The number of hydrogen-bond donors (Lipinski definition) is 2. The summed E-state index contributed by atoms with van der Waals surface area (Å²) in [6.07, 6.45) is 6.76. The lowest BCUT2D eigenvalue weighted by atomic mass is 9.92. The van der Waals surface area contributed by atoms with Crippen molar-refractivity contribution in [3.63, 3.8) is 0 Å². The van der Waals surface area contributed by atoms with Gasteiger partial charge in [-0.1, -0.05) is 25.5 Å². The average Bonchev–Trinajstić information content (AvgIpc) is 2.48. The Hall–Kier alpha value is -1.71. The summed E-state index contributed by atoms with van der Waals surface area (Å²) in [5.74, 6) is 0. The van der Waals surface area contributed by atoms with Gasteiger partial charge in [-0.05, 0) is 56.2 Å². The lowest BCUT2D eigenvalue weighted by Gasteiger charge is -2.29. The monoisotopic (exact) mass is 290 g/mol. The minimum absolute atomic E-state index is 0.00281. The van der Waals surface area contributed by atoms with Gasteiger partial charge in [-0.15, -0.1) is 0 Å². The van der Waals surface area contributed by atoms with Gasteiger partial charge in [0, 0.05) is 11.7 Å². The predicted octanol–water partition coefficient (Wildman–Crippen LogP) is 3.85. The zero-order valence-electron chi connectivity index (χ0n) is 12.8. The molecule has 0 unspecified atom stereocenters. The second-order valence-electron chi connectivity index (χ2n) is 5.86. The van der Waals surface area contributed by atoms with E-state index in [1.54, 1.807) is 0 Å². The first-order valence-electron chi connectivity index (χ1n) is 7.99. The van der Waals surface area contributed by atoms with Gasteiger partial charge in [0.05, 0.1) is 0 Å². The Morgan fingerprint density at radius 2 is 1.90 bits per heavy atom. The number of primary amides is 1. The van der Waals surface area contributed by atoms with E-state index in [4.69, 9.17) is 10.5 Å². The highest BCUT2D eigenvalue weighted by Gasteiger charge is 2.23. The van der Waals surface area contributed by atoms with Crippen molar-refractivity contribution in [1.82, 2.24) is 0 Å². The number of hydrogen-bond acceptors (Lipinski definition) is 3. The van der Waals surface area contributed by atoms with Crippen molar-refractivity contribution in [3.05, 3.63) is 29.8 Å². The lowest BCUT2D eigenvalue weighted by Crippen LogP contribution is -2.32. The predicted molar refractivity (Wildman–Crippen MR) is 85.4 cm³/mol. The summed E-state index contributed by atoms with van der Waals surface area (Å²) < 4.78 is 5.05. The van der Waals surface area contributed by atoms with Crippen LogP contribution in [0.2, 0.25) is 0 Å². The number of benzene rings is 1. The van der Waals surface area contributed by atoms with Crippen molar-refractivity contribution >= 4 is 11.8 Å². The molecule has 0 radical (unpaired) electrons. The first-order valence-corrected chi connectivity index (χ1v) is 7.99. The summed E-state index contributed by atoms with van der Waals surface area (Å²) in [4.78, 5) is 10.7. The minimum Gasteiger partial charge on any atom is -0.446 e. The van der Waals surface area contributed by atoms with Crippen LogP contribution in [-0.4, -0.2) is 18.2 Å². The van der Waals surface area contributed by atoms with Crippen LogP contribution in [0.3, 0.4) is 0 Å². The van der Waals surface area contributed by atoms with E-state index in [1.165, 1.54) is 24.1 Å². The maximum atomic E-state index is 10.7. The van der Waals surface area contributed by atoms with Gasteiger partial charge in [-0.25, -0.2) is 4.79 Å². The van der Waals surface area contributed by atoms with Crippen LogP contribution in [0.25, 0.3) is 0 Å². The Kier molecular flexibility index (Phi) is 5.90. The summed E-state index contributed by atoms with van der Waals surface area (Å²) in [5, 5.41) is 3.57. The van der Waals surface area contributed by atoms with Gasteiger partial charge in [-0.2, -0.15) is 0 Å². The number of carbonyl (C=O) groups excluding carboxylic acids is 1. The van der Waals surface area contributed by atoms with E-state index < -0.39 is 6.09 Å². The van der Waals surface area contributed by atoms with E-state index in [-0.39, 0.29) is 6.10 Å². The third kappa shape index (κ3) is 5.29. The highest BCUT2D eigenvalue weighted by atomic mass is 16.6. The molecule has 1 aromatic rings. The van der Waals surface area contributed by atoms with Gasteiger partial charge < -0.3 is 15.8 Å². The summed E-state index contributed by atoms with van der Waals surface area (Å²) in [5.41, 5.74) is 7.63. The molecule has 0 spiro atoms. The number of nitrogens with one attached hydrogen (secondary N) is 1. The molecule has 0 saturated heterocycles. The molecule has 116 valence electrons. The van der Waals surface area contributed by atoms with E-state index in [2.05, 4.69) is 36.5 Å². The molecule has 0 aromatic heterocycles. The molecule has 0 bridgehead atoms. The van der Waals surface area contributed by atoms with Gasteiger partial charge in [0.15, 0.2) is 0 Å². The number of rotatable bonds is 6. The molecule has 0 atom stereocenters. The maximum absolute atomic E-state index is 10.7. The molecule has 3 N–H and O–H groups in total. The van der Waals surface area contributed by atoms with Gasteiger partial charge in [-0.3, -0.25) is 0 Å². The number of unbranched alkanes of at least 4 members (excludes halogenated alkanes) is 1. The number of amides is 1. The Balaban J connectivity index is 1.76. The van der Waals surface area contributed by atoms with E-state index in [0.29, 0.717) is 6.04 Å². The smallest absolute Gasteiger partial charge is 0.404 e. The number of ether oxygens (including phenoxy) is 1. The van der Waals surface area contributed by atoms with Gasteiger partial charge in [0.25, 0.3) is 0 Å². The molecule has 1 aromatic carbocycles. The molecule has 1 fully saturated rings. The Morgan fingerprint density at radius 3 is 2.48 bits per heavy atom. The minimum atomic E-state index is -0.658. The molecule has 1 aliphatic rings. The van der Waals surface area contributed by atoms with Crippen LogP contribution in [0.5, 0.6) is 0 Å². The topological polar surface area (TPSA) is 64.3 Å². The molecule has 1 aliphatic carbocycles. The van der Waals surface area contributed by atoms with Crippen LogP contribution in [-0.2, 0) is 11.2 Å². The first kappa shape index (κ1) is 15.7. The van der Waals surface area contributed by atoms with Crippen LogP contribution in [0.1, 0.15) is 51.0 Å². The second-order valence-corrected chi connectivity index (χ2v) is 5.86. The summed E-state index contributed by atoms with van der Waals surface area (Å²) in [7, 11) is 0. The fourth-order valence-corrected chi connectivity index (χ4v) is 2.87. The quantitative estimate of drug-likeness (QED) is 0.836. The van der Waals surface area contributed by atoms with Gasteiger partial charge in [0.1, 0.15) is 6.10 Å². The Bertz CT molecular complexity index is 437. The molecule has 0 aliphatic heterocycles. The van der Waals surface area contributed by atoms with Gasteiger partial charge in [0.2, 0.25) is 0 Å². The third-order valence-electron chi connectivity index (χ3n) is 4.10. The van der Waals surface area contributed by atoms with Crippen molar-refractivity contribution in [2.45, 2.75) is 64.0 Å². The van der Waals surface area contributed by atoms with Crippen LogP contribution >= 0.6 is 0 Å². The molecule has 21 heavy (non-hydrogen) atoms. The van der Waals surface area contributed by atoms with Crippen LogP contribution in [0.4, 0.5) is 10.5 Å². The zero-order chi connectivity index (χ0) is 15.1. The number of carbonyl (C=O) groups is 1. The van der Waals surface area contributed by atoms with Crippen molar-refractivity contribution in [1.29, 1.82) is 0 Å². The van der Waals surface area contributed by atoms with E-state index in [0.717, 1.165) is 32.1 Å². The Labute approximate surface area is 127 Å². The van der Waals surface area contributed by atoms with Crippen molar-refractivity contribution in [2.75, 3.05) is 5.32 Å². The van der Waals surface area contributed by atoms with E-state index in [1.807, 2.05) is 0 Å². The highest BCUT2D eigenvalue weighted by molar-refractivity contribution is 5.64. The molecular weight excluding hydrogens is 264 g/mol. The Morgan fingerprint density at radius 1 is 1.24 bits per heavy atom. The largest absolute Gasteiger partial charge is 0.446 e. The van der Waals surface area contributed by atoms with E-state index in [9.17, 15) is 4.79 Å². The van der Waals surface area contributed by atoms with Crippen molar-refractivity contribution in [2.24, 2.45) is 5.73 Å². The molecule has 0 heterocycles. The average molecular weight is 290 g/mol. The van der Waals surface area contributed by atoms with Crippen LogP contribution in [0.15, 0.2) is 24.3 Å². The first-order chi connectivity index (χ1) is 10.2. The summed E-state index contributed by atoms with van der Waals surface area (Å²) in [6.45, 7) is 2.22. The molecule has 1 amide bonds. The number of nitrogens with two attached hydrogens (primary N) is 1. The molecular formula is C17H26N2O2. The second kappa shape index (κ2) is 7.91. The zero-order valence-corrected chi connectivity index (χ0v) is 12.8. The lowest BCUT2D eigenvalue weighted by molar-refractivity contribution is 0.0806. The molecule has 2 rings (SSSR count). The molecule has 4 nitrogen and oxygen atoms in total. The summed E-state index contributed by atoms with van der Waals surface area (Å²) >= 11 is 0.